The second kappa shape index (κ2) is 16.7. The van der Waals surface area contributed by atoms with Gasteiger partial charge in [-0.15, -0.1) is 0 Å². The Hall–Kier alpha value is -4.44. The molecule has 3 aromatic carbocycles. The molecule has 2 aliphatic heterocycles. The lowest BCUT2D eigenvalue weighted by Gasteiger charge is -2.23. The molecular weight excluding hydrogens is 576 g/mol. The summed E-state index contributed by atoms with van der Waals surface area (Å²) in [6.07, 6.45) is 8.31. The smallest absolute Gasteiger partial charge is 0.104 e. The zero-order valence-corrected chi connectivity index (χ0v) is 26.7. The molecule has 2 unspecified atom stereocenters. The minimum atomic E-state index is 0.282. The molecule has 46 heavy (non-hydrogen) atoms. The first-order valence-corrected chi connectivity index (χ1v) is 16.0. The summed E-state index contributed by atoms with van der Waals surface area (Å²) in [4.78, 5) is 4.55. The fourth-order valence-corrected chi connectivity index (χ4v) is 5.11. The Morgan fingerprint density at radius 3 is 1.39 bits per heavy atom. The maximum Gasteiger partial charge on any atom is 0.104 e. The Morgan fingerprint density at radius 2 is 1.07 bits per heavy atom. The van der Waals surface area contributed by atoms with Crippen molar-refractivity contribution >= 4 is 35.7 Å². The van der Waals surface area contributed by atoms with Crippen molar-refractivity contribution in [3.05, 3.63) is 94.0 Å². The van der Waals surface area contributed by atoms with Gasteiger partial charge in [-0.3, -0.25) is 0 Å². The standard InChI is InChI=1S/C38H42N4O4/c1-3-41(17-19-43-25-37-27-45-37)35-13-7-29(8-14-35)5-11-31-21-34(24-40)32(22-33(31)23-39)12-6-30-9-15-36(16-10-30)42(4-2)18-20-44-26-38-28-46-38/h5-16,21-22,37-38H,3-4,17-20,25-28H2,1-2H3. The molecule has 0 spiro atoms. The van der Waals surface area contributed by atoms with Crippen molar-refractivity contribution in [1.29, 1.82) is 10.5 Å². The molecule has 8 heteroatoms. The summed E-state index contributed by atoms with van der Waals surface area (Å²) in [5.41, 5.74) is 6.75. The zero-order valence-electron chi connectivity index (χ0n) is 26.7. The Kier molecular flexibility index (Phi) is 12.0. The number of benzene rings is 3. The number of epoxide rings is 2. The van der Waals surface area contributed by atoms with Crippen LogP contribution in [0, 0.1) is 22.7 Å². The lowest BCUT2D eigenvalue weighted by Crippen LogP contribution is -2.27. The summed E-state index contributed by atoms with van der Waals surface area (Å²) in [5.74, 6) is 0. The largest absolute Gasteiger partial charge is 0.377 e. The number of likely N-dealkylation sites (N-methyl/N-ethyl adjacent to an activating group) is 2. The summed E-state index contributed by atoms with van der Waals surface area (Å²) in [6, 6.07) is 24.8. The molecule has 2 fully saturated rings. The van der Waals surface area contributed by atoms with Crippen molar-refractivity contribution in [2.75, 3.05) is 75.6 Å². The molecule has 0 N–H and O–H groups in total. The zero-order chi connectivity index (χ0) is 32.1. The first kappa shape index (κ1) is 32.9. The number of nitrogens with zero attached hydrogens (tertiary/aromatic N) is 4. The molecule has 238 valence electrons. The first-order valence-electron chi connectivity index (χ1n) is 16.0. The van der Waals surface area contributed by atoms with Gasteiger partial charge in [0.2, 0.25) is 0 Å². The third-order valence-electron chi connectivity index (χ3n) is 8.08. The van der Waals surface area contributed by atoms with Crippen LogP contribution in [-0.2, 0) is 18.9 Å². The molecule has 5 rings (SSSR count). The first-order chi connectivity index (χ1) is 22.6. The van der Waals surface area contributed by atoms with Gasteiger partial charge in [0.05, 0.1) is 62.9 Å². The van der Waals surface area contributed by atoms with Gasteiger partial charge in [0, 0.05) is 37.6 Å². The van der Waals surface area contributed by atoms with E-state index in [9.17, 15) is 10.5 Å². The van der Waals surface area contributed by atoms with Gasteiger partial charge in [-0.25, -0.2) is 0 Å². The van der Waals surface area contributed by atoms with Crippen molar-refractivity contribution < 1.29 is 18.9 Å². The number of nitriles is 2. The monoisotopic (exact) mass is 618 g/mol. The average molecular weight is 619 g/mol. The van der Waals surface area contributed by atoms with Gasteiger partial charge in [0.15, 0.2) is 0 Å². The lowest BCUT2D eigenvalue weighted by atomic mass is 9.97. The number of ether oxygens (including phenoxy) is 4. The third-order valence-corrected chi connectivity index (χ3v) is 8.08. The molecule has 2 heterocycles. The van der Waals surface area contributed by atoms with Gasteiger partial charge in [-0.2, -0.15) is 10.5 Å². The highest BCUT2D eigenvalue weighted by Gasteiger charge is 2.23. The maximum atomic E-state index is 9.92. The fourth-order valence-electron chi connectivity index (χ4n) is 5.11. The maximum absolute atomic E-state index is 9.92. The van der Waals surface area contributed by atoms with Crippen LogP contribution in [0.5, 0.6) is 0 Å². The van der Waals surface area contributed by atoms with E-state index in [4.69, 9.17) is 18.9 Å². The van der Waals surface area contributed by atoms with Crippen molar-refractivity contribution in [3.63, 3.8) is 0 Å². The summed E-state index contributed by atoms with van der Waals surface area (Å²) in [6.45, 7) is 11.9. The molecular formula is C38H42N4O4. The van der Waals surface area contributed by atoms with Gasteiger partial charge in [0.1, 0.15) is 12.2 Å². The Balaban J connectivity index is 1.20. The van der Waals surface area contributed by atoms with E-state index in [1.54, 1.807) is 12.1 Å². The molecule has 0 bridgehead atoms. The molecule has 0 saturated carbocycles. The molecule has 0 amide bonds. The molecule has 2 aliphatic rings. The molecule has 8 nitrogen and oxygen atoms in total. The van der Waals surface area contributed by atoms with Crippen LogP contribution in [0.2, 0.25) is 0 Å². The third kappa shape index (κ3) is 9.78. The summed E-state index contributed by atoms with van der Waals surface area (Å²) >= 11 is 0. The van der Waals surface area contributed by atoms with E-state index in [1.165, 1.54) is 0 Å². The van der Waals surface area contributed by atoms with E-state index < -0.39 is 0 Å². The molecule has 2 saturated heterocycles. The molecule has 2 atom stereocenters. The van der Waals surface area contributed by atoms with Crippen LogP contribution in [0.4, 0.5) is 11.4 Å². The lowest BCUT2D eigenvalue weighted by molar-refractivity contribution is 0.122. The fraction of sp³-hybridized carbons (Fsp3) is 0.368. The molecule has 0 aliphatic carbocycles. The number of hydrogen-bond donors (Lipinski definition) is 0. The number of anilines is 2. The van der Waals surface area contributed by atoms with E-state index in [0.717, 1.165) is 61.9 Å². The van der Waals surface area contributed by atoms with Gasteiger partial charge in [0.25, 0.3) is 0 Å². The van der Waals surface area contributed by atoms with Gasteiger partial charge in [-0.05, 0) is 72.5 Å². The van der Waals surface area contributed by atoms with Crippen molar-refractivity contribution in [2.24, 2.45) is 0 Å². The molecule has 3 aromatic rings. The molecule has 0 aromatic heterocycles. The minimum Gasteiger partial charge on any atom is -0.377 e. The number of rotatable bonds is 18. The summed E-state index contributed by atoms with van der Waals surface area (Å²) in [5, 5.41) is 19.8. The normalized spacial score (nSPS) is 16.8. The highest BCUT2D eigenvalue weighted by Crippen LogP contribution is 2.23. The molecule has 0 radical (unpaired) electrons. The van der Waals surface area contributed by atoms with E-state index in [0.29, 0.717) is 48.7 Å². The van der Waals surface area contributed by atoms with Crippen LogP contribution in [0.25, 0.3) is 24.3 Å². The quantitative estimate of drug-likeness (QED) is 0.0937. The predicted octanol–water partition coefficient (Wildman–Crippen LogP) is 6.25. The van der Waals surface area contributed by atoms with E-state index in [1.807, 2.05) is 24.3 Å². The van der Waals surface area contributed by atoms with E-state index in [-0.39, 0.29) is 12.2 Å². The van der Waals surface area contributed by atoms with E-state index >= 15 is 0 Å². The van der Waals surface area contributed by atoms with Gasteiger partial charge < -0.3 is 28.7 Å². The summed E-state index contributed by atoms with van der Waals surface area (Å²) < 4.78 is 21.8. The van der Waals surface area contributed by atoms with Crippen LogP contribution in [-0.4, -0.2) is 78.0 Å². The van der Waals surface area contributed by atoms with Crippen LogP contribution in [0.1, 0.15) is 47.2 Å². The highest BCUT2D eigenvalue weighted by molar-refractivity contribution is 5.79. The van der Waals surface area contributed by atoms with E-state index in [2.05, 4.69) is 84.3 Å². The van der Waals surface area contributed by atoms with Gasteiger partial charge in [-0.1, -0.05) is 48.6 Å². The topological polar surface area (TPSA) is 97.6 Å². The summed E-state index contributed by atoms with van der Waals surface area (Å²) in [7, 11) is 0. The van der Waals surface area contributed by atoms with Crippen LogP contribution in [0.3, 0.4) is 0 Å². The second-order valence-electron chi connectivity index (χ2n) is 11.3. The van der Waals surface area contributed by atoms with Crippen LogP contribution >= 0.6 is 0 Å². The van der Waals surface area contributed by atoms with Gasteiger partial charge >= 0.3 is 0 Å². The SMILES string of the molecule is CCN(CCOCC1CO1)c1ccc(C=Cc2cc(C#N)c(C=Cc3ccc(N(CC)CCOCC4CO4)cc3)cc2C#N)cc1. The second-order valence-corrected chi connectivity index (χ2v) is 11.3. The average Bonchev–Trinajstić information content (AvgIpc) is 4.04. The Morgan fingerprint density at radius 1 is 0.674 bits per heavy atom. The predicted molar refractivity (Wildman–Crippen MR) is 184 cm³/mol. The van der Waals surface area contributed by atoms with Crippen molar-refractivity contribution in [1.82, 2.24) is 0 Å². The number of hydrogen-bond acceptors (Lipinski definition) is 8. The van der Waals surface area contributed by atoms with Crippen molar-refractivity contribution in [3.8, 4) is 12.1 Å². The van der Waals surface area contributed by atoms with Crippen LogP contribution < -0.4 is 9.80 Å². The Labute approximate surface area is 272 Å². The minimum absolute atomic E-state index is 0.282. The highest BCUT2D eigenvalue weighted by atomic mass is 16.6. The van der Waals surface area contributed by atoms with Crippen LogP contribution in [0.15, 0.2) is 60.7 Å². The Bertz CT molecular complexity index is 1440. The van der Waals surface area contributed by atoms with Crippen molar-refractivity contribution in [2.45, 2.75) is 26.1 Å².